The number of hydrogen-bond donors (Lipinski definition) is 0. The van der Waals surface area contributed by atoms with E-state index in [1.54, 1.807) is 37.6 Å². The second-order valence-corrected chi connectivity index (χ2v) is 4.25. The number of benzene rings is 2. The molecule has 2 aromatic carbocycles. The van der Waals surface area contributed by atoms with Gasteiger partial charge in [0.15, 0.2) is 0 Å². The average molecular weight is 268 g/mol. The number of anilines is 1. The molecule has 2 aromatic rings. The molecular weight excluding hydrogens is 254 g/mol. The summed E-state index contributed by atoms with van der Waals surface area (Å²) in [6.07, 6.45) is 1.34. The molecule has 101 valence electrons. The van der Waals surface area contributed by atoms with Gasteiger partial charge in [0.1, 0.15) is 6.61 Å². The highest BCUT2D eigenvalue weighted by atomic mass is 16.6. The number of ether oxygens (including phenoxy) is 1. The van der Waals surface area contributed by atoms with Crippen LogP contribution in [0.2, 0.25) is 0 Å². The van der Waals surface area contributed by atoms with Crippen LogP contribution in [0.4, 0.5) is 10.5 Å². The molecule has 0 aromatic heterocycles. The van der Waals surface area contributed by atoms with Crippen molar-refractivity contribution in [3.8, 4) is 0 Å². The van der Waals surface area contributed by atoms with Crippen LogP contribution < -0.4 is 4.90 Å². The molecule has 1 amide bonds. The quantitative estimate of drug-likeness (QED) is 0.856. The van der Waals surface area contributed by atoms with Crippen LogP contribution >= 0.6 is 0 Å². The summed E-state index contributed by atoms with van der Waals surface area (Å²) in [6.45, 7) is 0.226. The maximum absolute atomic E-state index is 11.9. The summed E-state index contributed by atoms with van der Waals surface area (Å²) in [5.41, 5.74) is 2.03. The first-order valence-corrected chi connectivity index (χ1v) is 6.13. The van der Waals surface area contributed by atoms with Crippen molar-refractivity contribution in [1.82, 2.24) is 0 Å². The molecule has 0 saturated heterocycles. The summed E-state index contributed by atoms with van der Waals surface area (Å²) in [6, 6.07) is 16.0. The highest BCUT2D eigenvalue weighted by Crippen LogP contribution is 2.14. The minimum absolute atomic E-state index is 0.226. The maximum atomic E-state index is 11.9. The minimum Gasteiger partial charge on any atom is -0.444 e. The Morgan fingerprint density at radius 3 is 2.35 bits per heavy atom. The van der Waals surface area contributed by atoms with E-state index in [1.807, 2.05) is 30.3 Å². The Labute approximate surface area is 117 Å². The first kappa shape index (κ1) is 13.8. The Kier molecular flexibility index (Phi) is 4.50. The number of carbonyl (C=O) groups excluding carboxylic acids is 2. The lowest BCUT2D eigenvalue weighted by atomic mass is 10.2. The molecule has 0 bridgehead atoms. The fourth-order valence-electron chi connectivity index (χ4n) is 1.67. The lowest BCUT2D eigenvalue weighted by Crippen LogP contribution is -2.26. The molecule has 2 rings (SSSR count). The number of amides is 1. The number of nitrogens with zero attached hydrogens (tertiary/aromatic N) is 1. The highest BCUT2D eigenvalue weighted by Gasteiger charge is 2.12. The van der Waals surface area contributed by atoms with E-state index in [0.29, 0.717) is 11.3 Å². The number of carbonyl (C=O) groups is 1. The molecular formula is C16H14NO3. The molecule has 1 radical (unpaired) electrons. The molecule has 0 aliphatic carbocycles. The Bertz CT molecular complexity index is 578. The van der Waals surface area contributed by atoms with Gasteiger partial charge in [-0.1, -0.05) is 30.3 Å². The summed E-state index contributed by atoms with van der Waals surface area (Å²) >= 11 is 0. The van der Waals surface area contributed by atoms with Crippen LogP contribution in [0.15, 0.2) is 54.6 Å². The smallest absolute Gasteiger partial charge is 0.414 e. The number of rotatable bonds is 4. The summed E-state index contributed by atoms with van der Waals surface area (Å²) in [4.78, 5) is 23.7. The molecule has 0 fully saturated rings. The van der Waals surface area contributed by atoms with E-state index in [0.717, 1.165) is 5.56 Å². The van der Waals surface area contributed by atoms with Gasteiger partial charge in [-0.15, -0.1) is 0 Å². The zero-order valence-electron chi connectivity index (χ0n) is 11.1. The monoisotopic (exact) mass is 268 g/mol. The van der Waals surface area contributed by atoms with Crippen LogP contribution in [0, 0.1) is 0 Å². The lowest BCUT2D eigenvalue weighted by Gasteiger charge is -2.17. The van der Waals surface area contributed by atoms with Gasteiger partial charge in [0.2, 0.25) is 6.29 Å². The van der Waals surface area contributed by atoms with Gasteiger partial charge in [0, 0.05) is 18.3 Å². The first-order valence-electron chi connectivity index (χ1n) is 6.13. The zero-order chi connectivity index (χ0) is 14.4. The number of hydrogen-bond acceptors (Lipinski definition) is 3. The fourth-order valence-corrected chi connectivity index (χ4v) is 1.67. The average Bonchev–Trinajstić information content (AvgIpc) is 2.53. The normalized spacial score (nSPS) is 9.85. The third-order valence-corrected chi connectivity index (χ3v) is 2.85. The SMILES string of the molecule is CN(C(=O)OCc1ccccc1)c1ccc([C]=O)cc1. The van der Waals surface area contributed by atoms with Crippen molar-refractivity contribution < 1.29 is 14.3 Å². The molecule has 0 heterocycles. The van der Waals surface area contributed by atoms with E-state index in [4.69, 9.17) is 4.74 Å². The van der Waals surface area contributed by atoms with Crippen molar-refractivity contribution in [1.29, 1.82) is 0 Å². The third kappa shape index (κ3) is 3.45. The van der Waals surface area contributed by atoms with Gasteiger partial charge in [0.25, 0.3) is 0 Å². The van der Waals surface area contributed by atoms with Crippen LogP contribution in [0.25, 0.3) is 0 Å². The van der Waals surface area contributed by atoms with E-state index in [2.05, 4.69) is 0 Å². The molecule has 4 nitrogen and oxygen atoms in total. The molecule has 20 heavy (non-hydrogen) atoms. The zero-order valence-corrected chi connectivity index (χ0v) is 11.1. The Morgan fingerprint density at radius 1 is 1.10 bits per heavy atom. The van der Waals surface area contributed by atoms with Crippen molar-refractivity contribution in [2.75, 3.05) is 11.9 Å². The molecule has 0 unspecified atom stereocenters. The Balaban J connectivity index is 1.95. The molecule has 0 spiro atoms. The molecule has 0 aliphatic heterocycles. The third-order valence-electron chi connectivity index (χ3n) is 2.85. The Morgan fingerprint density at radius 2 is 1.75 bits per heavy atom. The van der Waals surface area contributed by atoms with Gasteiger partial charge < -0.3 is 4.74 Å². The summed E-state index contributed by atoms with van der Waals surface area (Å²) in [5, 5.41) is 0. The highest BCUT2D eigenvalue weighted by molar-refractivity contribution is 5.87. The minimum atomic E-state index is -0.448. The van der Waals surface area contributed by atoms with Gasteiger partial charge in [0.05, 0.1) is 0 Å². The predicted molar refractivity (Wildman–Crippen MR) is 76.3 cm³/mol. The topological polar surface area (TPSA) is 46.6 Å². The predicted octanol–water partition coefficient (Wildman–Crippen LogP) is 2.92. The van der Waals surface area contributed by atoms with Crippen molar-refractivity contribution in [2.24, 2.45) is 0 Å². The standard InChI is InChI=1S/C16H14NO3/c1-17(15-9-7-13(11-18)8-10-15)16(19)20-12-14-5-3-2-4-6-14/h2-10H,12H2,1H3. The van der Waals surface area contributed by atoms with Crippen molar-refractivity contribution >= 4 is 18.1 Å². The second-order valence-electron chi connectivity index (χ2n) is 4.25. The molecule has 0 N–H and O–H groups in total. The van der Waals surface area contributed by atoms with Gasteiger partial charge in [-0.05, 0) is 29.8 Å². The van der Waals surface area contributed by atoms with Crippen LogP contribution in [-0.4, -0.2) is 19.4 Å². The van der Waals surface area contributed by atoms with E-state index in [1.165, 1.54) is 4.90 Å². The van der Waals surface area contributed by atoms with Crippen LogP contribution in [0.1, 0.15) is 11.1 Å². The van der Waals surface area contributed by atoms with E-state index in [-0.39, 0.29) is 6.61 Å². The maximum Gasteiger partial charge on any atom is 0.414 e. The summed E-state index contributed by atoms with van der Waals surface area (Å²) < 4.78 is 5.21. The van der Waals surface area contributed by atoms with Gasteiger partial charge in [-0.2, -0.15) is 0 Å². The Hall–Kier alpha value is -2.62. The molecule has 0 saturated carbocycles. The van der Waals surface area contributed by atoms with Crippen LogP contribution in [-0.2, 0) is 16.1 Å². The van der Waals surface area contributed by atoms with Gasteiger partial charge in [-0.25, -0.2) is 4.79 Å². The second kappa shape index (κ2) is 6.52. The van der Waals surface area contributed by atoms with Crippen molar-refractivity contribution in [3.05, 3.63) is 65.7 Å². The lowest BCUT2D eigenvalue weighted by molar-refractivity contribution is 0.148. The van der Waals surface area contributed by atoms with E-state index < -0.39 is 6.09 Å². The van der Waals surface area contributed by atoms with Gasteiger partial charge in [-0.3, -0.25) is 9.69 Å². The van der Waals surface area contributed by atoms with Crippen LogP contribution in [0.3, 0.4) is 0 Å². The molecule has 0 aliphatic rings. The first-order chi connectivity index (χ1) is 9.70. The van der Waals surface area contributed by atoms with E-state index >= 15 is 0 Å². The molecule has 4 heteroatoms. The van der Waals surface area contributed by atoms with E-state index in [9.17, 15) is 9.59 Å². The summed E-state index contributed by atoms with van der Waals surface area (Å²) in [7, 11) is 1.62. The van der Waals surface area contributed by atoms with Gasteiger partial charge >= 0.3 is 6.09 Å². The fraction of sp³-hybridized carbons (Fsp3) is 0.125. The summed E-state index contributed by atoms with van der Waals surface area (Å²) in [5.74, 6) is 0. The van der Waals surface area contributed by atoms with Crippen molar-refractivity contribution in [3.63, 3.8) is 0 Å². The van der Waals surface area contributed by atoms with Crippen molar-refractivity contribution in [2.45, 2.75) is 6.61 Å². The largest absolute Gasteiger partial charge is 0.444 e. The van der Waals surface area contributed by atoms with Crippen LogP contribution in [0.5, 0.6) is 0 Å². The molecule has 0 atom stereocenters.